The minimum absolute atomic E-state index is 0.357. The first-order valence-corrected chi connectivity index (χ1v) is 11.9. The van der Waals surface area contributed by atoms with E-state index in [2.05, 4.69) is 113 Å². The maximum Gasteiger partial charge on any atom is 0.494 e. The lowest BCUT2D eigenvalue weighted by atomic mass is 9.78. The van der Waals surface area contributed by atoms with Gasteiger partial charge >= 0.3 is 7.12 Å². The van der Waals surface area contributed by atoms with Crippen molar-refractivity contribution in [3.05, 3.63) is 114 Å². The maximum atomic E-state index is 6.23. The van der Waals surface area contributed by atoms with Gasteiger partial charge in [-0.25, -0.2) is 0 Å². The molecule has 0 spiro atoms. The van der Waals surface area contributed by atoms with Gasteiger partial charge in [0, 0.05) is 12.0 Å². The van der Waals surface area contributed by atoms with Gasteiger partial charge in [0.1, 0.15) is 0 Å². The summed E-state index contributed by atoms with van der Waals surface area (Å²) in [5, 5.41) is 0. The fourth-order valence-corrected chi connectivity index (χ4v) is 4.22. The fraction of sp³-hybridized carbons (Fsp3) is 0.233. The van der Waals surface area contributed by atoms with Crippen LogP contribution in [0.4, 0.5) is 0 Å². The topological polar surface area (TPSA) is 30.8 Å². The van der Waals surface area contributed by atoms with Gasteiger partial charge in [0.15, 0.2) is 0 Å². The van der Waals surface area contributed by atoms with Gasteiger partial charge in [-0.2, -0.15) is 0 Å². The third-order valence-electron chi connectivity index (χ3n) is 7.01. The van der Waals surface area contributed by atoms with E-state index < -0.39 is 0 Å². The molecular weight excluding hydrogens is 417 g/mol. The minimum atomic E-state index is -0.370. The zero-order valence-corrected chi connectivity index (χ0v) is 20.3. The summed E-state index contributed by atoms with van der Waals surface area (Å²) in [6.45, 7) is 8.31. The van der Waals surface area contributed by atoms with Crippen LogP contribution in [0.15, 0.2) is 102 Å². The number of allylic oxidation sites excluding steroid dienone is 3. The third kappa shape index (κ3) is 4.44. The number of rotatable bonds is 4. The average Bonchev–Trinajstić information content (AvgIpc) is 2.99. The van der Waals surface area contributed by atoms with E-state index >= 15 is 0 Å². The van der Waals surface area contributed by atoms with Crippen LogP contribution < -0.4 is 5.46 Å². The van der Waals surface area contributed by atoms with E-state index in [1.165, 1.54) is 11.1 Å². The lowest BCUT2D eigenvalue weighted by Gasteiger charge is -2.32. The summed E-state index contributed by atoms with van der Waals surface area (Å²) in [7, 11) is -0.370. The lowest BCUT2D eigenvalue weighted by Crippen LogP contribution is -2.41. The molecule has 0 saturated carbocycles. The largest absolute Gasteiger partial charge is 0.494 e. The van der Waals surface area contributed by atoms with Crippen molar-refractivity contribution in [1.29, 1.82) is 0 Å². The van der Waals surface area contributed by atoms with Crippen LogP contribution in [0.3, 0.4) is 0 Å². The maximum absolute atomic E-state index is 6.23. The molecule has 34 heavy (non-hydrogen) atoms. The standard InChI is InChI=1S/C30H30BNO2/c1-29(2)30(3,4)34-31(33-29)26-18-15-24(16-19-26)28-21-25(22-11-7-5-8-12-22)17-20-27(32-28)23-13-9-6-10-14-23/h5-19,21H,20H2,1-4H3. The summed E-state index contributed by atoms with van der Waals surface area (Å²) < 4.78 is 12.5. The molecule has 2 aliphatic rings. The van der Waals surface area contributed by atoms with Gasteiger partial charge in [-0.15, -0.1) is 0 Å². The van der Waals surface area contributed by atoms with Gasteiger partial charge < -0.3 is 9.31 Å². The van der Waals surface area contributed by atoms with Crippen molar-refractivity contribution >= 4 is 29.6 Å². The Labute approximate surface area is 203 Å². The molecule has 3 aromatic rings. The van der Waals surface area contributed by atoms with Gasteiger partial charge in [0.25, 0.3) is 0 Å². The minimum Gasteiger partial charge on any atom is -0.399 e. The first-order chi connectivity index (χ1) is 16.3. The van der Waals surface area contributed by atoms with Crippen LogP contribution >= 0.6 is 0 Å². The van der Waals surface area contributed by atoms with E-state index in [0.717, 1.165) is 34.4 Å². The van der Waals surface area contributed by atoms with Gasteiger partial charge in [-0.3, -0.25) is 4.99 Å². The van der Waals surface area contributed by atoms with E-state index in [9.17, 15) is 0 Å². The Morgan fingerprint density at radius 3 is 1.82 bits per heavy atom. The van der Waals surface area contributed by atoms with Gasteiger partial charge in [-0.05, 0) is 55.9 Å². The summed E-state index contributed by atoms with van der Waals surface area (Å²) in [6.07, 6.45) is 5.24. The van der Waals surface area contributed by atoms with Crippen molar-refractivity contribution in [1.82, 2.24) is 0 Å². The van der Waals surface area contributed by atoms with Gasteiger partial charge in [0.05, 0.1) is 22.6 Å². The molecule has 170 valence electrons. The molecule has 0 bridgehead atoms. The Bertz CT molecular complexity index is 1240. The second-order valence-corrected chi connectivity index (χ2v) is 9.89. The monoisotopic (exact) mass is 447 g/mol. The van der Waals surface area contributed by atoms with E-state index in [-0.39, 0.29) is 18.3 Å². The predicted octanol–water partition coefficient (Wildman–Crippen LogP) is 6.30. The Hall–Kier alpha value is -3.21. The highest BCUT2D eigenvalue weighted by Gasteiger charge is 2.51. The molecule has 2 heterocycles. The fourth-order valence-electron chi connectivity index (χ4n) is 4.22. The average molecular weight is 447 g/mol. The molecule has 0 atom stereocenters. The highest BCUT2D eigenvalue weighted by atomic mass is 16.7. The van der Waals surface area contributed by atoms with E-state index in [1.54, 1.807) is 0 Å². The number of hydrogen-bond acceptors (Lipinski definition) is 3. The number of hydrogen-bond donors (Lipinski definition) is 0. The molecular formula is C30H30BNO2. The smallest absolute Gasteiger partial charge is 0.399 e. The molecule has 3 aromatic carbocycles. The van der Waals surface area contributed by atoms with Crippen LogP contribution in [0.25, 0.3) is 11.3 Å². The molecule has 2 aliphatic heterocycles. The van der Waals surface area contributed by atoms with Crippen LogP contribution in [-0.2, 0) is 9.31 Å². The van der Waals surface area contributed by atoms with E-state index in [1.807, 2.05) is 12.1 Å². The molecule has 5 rings (SSSR count). The molecule has 0 amide bonds. The van der Waals surface area contributed by atoms with E-state index in [4.69, 9.17) is 14.3 Å². The van der Waals surface area contributed by atoms with Crippen LogP contribution in [-0.4, -0.2) is 24.0 Å². The van der Waals surface area contributed by atoms with Crippen molar-refractivity contribution in [3.8, 4) is 0 Å². The normalized spacial score (nSPS) is 19.2. The van der Waals surface area contributed by atoms with Crippen LogP contribution in [0, 0.1) is 0 Å². The Morgan fingerprint density at radius 2 is 1.24 bits per heavy atom. The first kappa shape index (κ1) is 22.6. The number of aliphatic imine (C=N–C) groups is 1. The lowest BCUT2D eigenvalue weighted by molar-refractivity contribution is 0.00578. The molecule has 1 saturated heterocycles. The quantitative estimate of drug-likeness (QED) is 0.440. The van der Waals surface area contributed by atoms with Gasteiger partial charge in [-0.1, -0.05) is 91.0 Å². The van der Waals surface area contributed by atoms with Crippen LogP contribution in [0.5, 0.6) is 0 Å². The van der Waals surface area contributed by atoms with Crippen molar-refractivity contribution in [2.24, 2.45) is 4.99 Å². The Kier molecular flexibility index (Phi) is 5.89. The van der Waals surface area contributed by atoms with Crippen LogP contribution in [0.2, 0.25) is 0 Å². The number of nitrogens with zero attached hydrogens (tertiary/aromatic N) is 1. The SMILES string of the molecule is CC1(C)OB(c2ccc(C3=CC(c4ccccc4)=CCC(c4ccccc4)=N3)cc2)OC1(C)C. The molecule has 0 aliphatic carbocycles. The summed E-state index contributed by atoms with van der Waals surface area (Å²) in [6, 6.07) is 29.3. The molecule has 3 nitrogen and oxygen atoms in total. The van der Waals surface area contributed by atoms with E-state index in [0.29, 0.717) is 0 Å². The molecule has 0 radical (unpaired) electrons. The zero-order chi connectivity index (χ0) is 23.8. The predicted molar refractivity (Wildman–Crippen MR) is 142 cm³/mol. The Balaban J connectivity index is 1.50. The van der Waals surface area contributed by atoms with Crippen molar-refractivity contribution in [2.75, 3.05) is 0 Å². The molecule has 0 unspecified atom stereocenters. The summed E-state index contributed by atoms with van der Waals surface area (Å²) in [4.78, 5) is 5.13. The molecule has 0 N–H and O–H groups in total. The second-order valence-electron chi connectivity index (χ2n) is 9.89. The third-order valence-corrected chi connectivity index (χ3v) is 7.01. The summed E-state index contributed by atoms with van der Waals surface area (Å²) >= 11 is 0. The Morgan fingerprint density at radius 1 is 0.676 bits per heavy atom. The highest BCUT2D eigenvalue weighted by molar-refractivity contribution is 6.62. The zero-order valence-electron chi connectivity index (χ0n) is 20.3. The molecule has 1 fully saturated rings. The highest BCUT2D eigenvalue weighted by Crippen LogP contribution is 2.36. The van der Waals surface area contributed by atoms with Crippen LogP contribution in [0.1, 0.15) is 50.8 Å². The van der Waals surface area contributed by atoms with Gasteiger partial charge in [0.2, 0.25) is 0 Å². The molecule has 4 heteroatoms. The number of benzene rings is 3. The van der Waals surface area contributed by atoms with Crippen molar-refractivity contribution < 1.29 is 9.31 Å². The first-order valence-electron chi connectivity index (χ1n) is 11.9. The van der Waals surface area contributed by atoms with Crippen molar-refractivity contribution in [3.63, 3.8) is 0 Å². The van der Waals surface area contributed by atoms with Crippen molar-refractivity contribution in [2.45, 2.75) is 45.3 Å². The second kappa shape index (κ2) is 8.86. The summed E-state index contributed by atoms with van der Waals surface area (Å²) in [5.74, 6) is 0. The summed E-state index contributed by atoms with van der Waals surface area (Å²) in [5.41, 5.74) is 6.90. The molecule has 0 aromatic heterocycles.